The highest BCUT2D eigenvalue weighted by molar-refractivity contribution is 5.62. The Morgan fingerprint density at radius 3 is 1.89 bits per heavy atom. The summed E-state index contributed by atoms with van der Waals surface area (Å²) >= 11 is 0. The molecule has 0 saturated carbocycles. The highest BCUT2D eigenvalue weighted by Gasteiger charge is 2.13. The summed E-state index contributed by atoms with van der Waals surface area (Å²) in [5.41, 5.74) is 3.50. The maximum Gasteiger partial charge on any atom is 0.0385 e. The van der Waals surface area contributed by atoms with Crippen LogP contribution in [-0.4, -0.2) is 5.54 Å². The van der Waals surface area contributed by atoms with Crippen LogP contribution in [0.1, 0.15) is 27.2 Å². The van der Waals surface area contributed by atoms with Crippen LogP contribution in [0.5, 0.6) is 0 Å². The van der Waals surface area contributed by atoms with Crippen LogP contribution in [0, 0.1) is 0 Å². The van der Waals surface area contributed by atoms with E-state index in [1.54, 1.807) is 0 Å². The van der Waals surface area contributed by atoms with Crippen molar-refractivity contribution in [3.8, 4) is 0 Å². The molecule has 0 bridgehead atoms. The van der Waals surface area contributed by atoms with Crippen LogP contribution in [0.2, 0.25) is 0 Å². The lowest BCUT2D eigenvalue weighted by Crippen LogP contribution is -2.29. The number of anilines is 3. The molecule has 0 aromatic heterocycles. The largest absolute Gasteiger partial charge is 0.380 e. The van der Waals surface area contributed by atoms with E-state index >= 15 is 0 Å². The molecular formula is C17H22N2. The SMILES string of the molecule is CCC(C)(C)Nc1ccc(Nc2ccccc2)cc1. The van der Waals surface area contributed by atoms with Crippen molar-refractivity contribution in [2.75, 3.05) is 10.6 Å². The topological polar surface area (TPSA) is 24.1 Å². The van der Waals surface area contributed by atoms with Gasteiger partial charge in [-0.25, -0.2) is 0 Å². The van der Waals surface area contributed by atoms with E-state index in [4.69, 9.17) is 0 Å². The van der Waals surface area contributed by atoms with Gasteiger partial charge in [0.25, 0.3) is 0 Å². The summed E-state index contributed by atoms with van der Waals surface area (Å²) in [6.45, 7) is 6.62. The standard InChI is InChI=1S/C17H22N2/c1-4-17(2,3)19-16-12-10-15(11-13-16)18-14-8-6-5-7-9-14/h5-13,18-19H,4H2,1-3H3. The number of nitrogens with one attached hydrogen (secondary N) is 2. The minimum absolute atomic E-state index is 0.133. The Kier molecular flexibility index (Phi) is 4.10. The normalized spacial score (nSPS) is 11.1. The van der Waals surface area contributed by atoms with Crippen LogP contribution in [0.3, 0.4) is 0 Å². The minimum Gasteiger partial charge on any atom is -0.380 e. The zero-order chi connectivity index (χ0) is 13.7. The maximum absolute atomic E-state index is 3.53. The summed E-state index contributed by atoms with van der Waals surface area (Å²) in [4.78, 5) is 0. The van der Waals surface area contributed by atoms with Gasteiger partial charge in [0.05, 0.1) is 0 Å². The fraction of sp³-hybridized carbons (Fsp3) is 0.294. The Morgan fingerprint density at radius 1 is 0.789 bits per heavy atom. The van der Waals surface area contributed by atoms with E-state index in [1.165, 1.54) is 0 Å². The first-order valence-corrected chi connectivity index (χ1v) is 6.79. The van der Waals surface area contributed by atoms with Gasteiger partial charge in [0.2, 0.25) is 0 Å². The first-order valence-electron chi connectivity index (χ1n) is 6.79. The molecule has 0 spiro atoms. The Labute approximate surface area is 115 Å². The lowest BCUT2D eigenvalue weighted by Gasteiger charge is -2.26. The predicted octanol–water partition coefficient (Wildman–Crippen LogP) is 5.03. The van der Waals surface area contributed by atoms with Crippen LogP contribution in [0.25, 0.3) is 0 Å². The van der Waals surface area contributed by atoms with Crippen molar-refractivity contribution in [3.05, 3.63) is 54.6 Å². The zero-order valence-electron chi connectivity index (χ0n) is 11.9. The molecule has 0 aliphatic rings. The van der Waals surface area contributed by atoms with E-state index in [-0.39, 0.29) is 5.54 Å². The molecule has 0 amide bonds. The first kappa shape index (κ1) is 13.5. The van der Waals surface area contributed by atoms with Gasteiger partial charge in [-0.15, -0.1) is 0 Å². The average molecular weight is 254 g/mol. The summed E-state index contributed by atoms with van der Waals surface area (Å²) in [6, 6.07) is 18.6. The lowest BCUT2D eigenvalue weighted by atomic mass is 10.0. The summed E-state index contributed by atoms with van der Waals surface area (Å²) in [7, 11) is 0. The average Bonchev–Trinajstić information content (AvgIpc) is 2.42. The number of hydrogen-bond donors (Lipinski definition) is 2. The zero-order valence-corrected chi connectivity index (χ0v) is 11.9. The van der Waals surface area contributed by atoms with Crippen LogP contribution in [0.4, 0.5) is 17.1 Å². The van der Waals surface area contributed by atoms with Gasteiger partial charge in [-0.1, -0.05) is 25.1 Å². The van der Waals surface area contributed by atoms with Gasteiger partial charge in [-0.05, 0) is 56.7 Å². The van der Waals surface area contributed by atoms with E-state index in [1.807, 2.05) is 18.2 Å². The van der Waals surface area contributed by atoms with E-state index in [2.05, 4.69) is 67.8 Å². The molecule has 0 fully saturated rings. The highest BCUT2D eigenvalue weighted by Crippen LogP contribution is 2.21. The second kappa shape index (κ2) is 5.79. The van der Waals surface area contributed by atoms with Crippen LogP contribution < -0.4 is 10.6 Å². The molecule has 0 radical (unpaired) electrons. The summed E-state index contributed by atoms with van der Waals surface area (Å²) in [5.74, 6) is 0. The Balaban J connectivity index is 2.03. The van der Waals surface area contributed by atoms with E-state index in [0.29, 0.717) is 0 Å². The molecule has 2 nitrogen and oxygen atoms in total. The molecule has 100 valence electrons. The van der Waals surface area contributed by atoms with Crippen molar-refractivity contribution in [1.82, 2.24) is 0 Å². The molecule has 0 saturated heterocycles. The Morgan fingerprint density at radius 2 is 1.32 bits per heavy atom. The summed E-state index contributed by atoms with van der Waals surface area (Å²) in [6.07, 6.45) is 1.09. The second-order valence-corrected chi connectivity index (χ2v) is 5.43. The summed E-state index contributed by atoms with van der Waals surface area (Å²) < 4.78 is 0. The van der Waals surface area contributed by atoms with Crippen molar-refractivity contribution < 1.29 is 0 Å². The van der Waals surface area contributed by atoms with E-state index in [0.717, 1.165) is 23.5 Å². The minimum atomic E-state index is 0.133. The molecule has 0 aliphatic carbocycles. The Hall–Kier alpha value is -1.96. The van der Waals surface area contributed by atoms with E-state index < -0.39 is 0 Å². The third kappa shape index (κ3) is 4.02. The van der Waals surface area contributed by atoms with Crippen LogP contribution in [0.15, 0.2) is 54.6 Å². The van der Waals surface area contributed by atoms with Gasteiger partial charge in [-0.3, -0.25) is 0 Å². The number of para-hydroxylation sites is 1. The lowest BCUT2D eigenvalue weighted by molar-refractivity contribution is 0.547. The molecule has 0 atom stereocenters. The monoisotopic (exact) mass is 254 g/mol. The number of rotatable bonds is 5. The smallest absolute Gasteiger partial charge is 0.0385 e. The highest BCUT2D eigenvalue weighted by atomic mass is 15.0. The second-order valence-electron chi connectivity index (χ2n) is 5.43. The molecule has 2 N–H and O–H groups in total. The maximum atomic E-state index is 3.53. The van der Waals surface area contributed by atoms with Gasteiger partial charge < -0.3 is 10.6 Å². The molecule has 2 rings (SSSR count). The van der Waals surface area contributed by atoms with Gasteiger partial charge in [-0.2, -0.15) is 0 Å². The van der Waals surface area contributed by atoms with Crippen molar-refractivity contribution in [2.45, 2.75) is 32.7 Å². The van der Waals surface area contributed by atoms with Crippen molar-refractivity contribution in [1.29, 1.82) is 0 Å². The third-order valence-electron chi connectivity index (χ3n) is 3.31. The molecule has 2 aromatic carbocycles. The van der Waals surface area contributed by atoms with Crippen molar-refractivity contribution >= 4 is 17.1 Å². The molecule has 2 aromatic rings. The van der Waals surface area contributed by atoms with Gasteiger partial charge in [0, 0.05) is 22.6 Å². The predicted molar refractivity (Wildman–Crippen MR) is 84.2 cm³/mol. The third-order valence-corrected chi connectivity index (χ3v) is 3.31. The van der Waals surface area contributed by atoms with Crippen molar-refractivity contribution in [2.24, 2.45) is 0 Å². The van der Waals surface area contributed by atoms with Gasteiger partial charge >= 0.3 is 0 Å². The fourth-order valence-corrected chi connectivity index (χ4v) is 1.80. The molecule has 2 heteroatoms. The van der Waals surface area contributed by atoms with Gasteiger partial charge in [0.15, 0.2) is 0 Å². The summed E-state index contributed by atoms with van der Waals surface area (Å²) in [5, 5.41) is 6.91. The van der Waals surface area contributed by atoms with Crippen molar-refractivity contribution in [3.63, 3.8) is 0 Å². The quantitative estimate of drug-likeness (QED) is 0.782. The molecule has 0 aliphatic heterocycles. The van der Waals surface area contributed by atoms with Crippen LogP contribution >= 0.6 is 0 Å². The number of hydrogen-bond acceptors (Lipinski definition) is 2. The molecule has 19 heavy (non-hydrogen) atoms. The number of benzene rings is 2. The fourth-order valence-electron chi connectivity index (χ4n) is 1.80. The Bertz CT molecular complexity index is 501. The van der Waals surface area contributed by atoms with Gasteiger partial charge in [0.1, 0.15) is 0 Å². The molecular weight excluding hydrogens is 232 g/mol. The molecule has 0 unspecified atom stereocenters. The van der Waals surface area contributed by atoms with Crippen LogP contribution in [-0.2, 0) is 0 Å². The molecule has 0 heterocycles. The van der Waals surface area contributed by atoms with E-state index in [9.17, 15) is 0 Å². The first-order chi connectivity index (χ1) is 9.09.